The minimum absolute atomic E-state index is 1.15. The summed E-state index contributed by atoms with van der Waals surface area (Å²) in [5.41, 5.74) is 7.26. The van der Waals surface area contributed by atoms with Gasteiger partial charge in [0.25, 0.3) is 0 Å². The Labute approximate surface area is 178 Å². The molecule has 0 atom stereocenters. The maximum Gasteiger partial charge on any atom is -0.0175 e. The van der Waals surface area contributed by atoms with Crippen LogP contribution in [-0.2, 0) is 0 Å². The monoisotopic (exact) mass is 382 g/mol. The molecule has 0 bridgehead atoms. The highest BCUT2D eigenvalue weighted by molar-refractivity contribution is 5.82. The fourth-order valence-electron chi connectivity index (χ4n) is 2.87. The topological polar surface area (TPSA) is 0 Å². The normalized spacial score (nSPS) is 10.4. The van der Waals surface area contributed by atoms with Gasteiger partial charge in [0.15, 0.2) is 0 Å². The summed E-state index contributed by atoms with van der Waals surface area (Å²) in [6.45, 7) is 14.0. The molecule has 0 heterocycles. The molecule has 0 unspecified atom stereocenters. The number of aryl methyl sites for hydroxylation is 1. The summed E-state index contributed by atoms with van der Waals surface area (Å²) < 4.78 is 0. The van der Waals surface area contributed by atoms with E-state index < -0.39 is 0 Å². The van der Waals surface area contributed by atoms with Crippen molar-refractivity contribution in [1.29, 1.82) is 0 Å². The van der Waals surface area contributed by atoms with Gasteiger partial charge in [-0.05, 0) is 46.4 Å². The largest absolute Gasteiger partial charge is 0.0990 e. The van der Waals surface area contributed by atoms with Crippen molar-refractivity contribution < 1.29 is 0 Å². The minimum atomic E-state index is 1.15. The van der Waals surface area contributed by atoms with Crippen molar-refractivity contribution in [3.8, 4) is 11.1 Å². The van der Waals surface area contributed by atoms with Gasteiger partial charge in [0, 0.05) is 0 Å². The van der Waals surface area contributed by atoms with Crippen LogP contribution in [0.4, 0.5) is 0 Å². The Morgan fingerprint density at radius 2 is 1.31 bits per heavy atom. The van der Waals surface area contributed by atoms with Crippen molar-refractivity contribution >= 4 is 11.6 Å². The molecule has 3 aromatic rings. The molecule has 0 saturated heterocycles. The summed E-state index contributed by atoms with van der Waals surface area (Å²) in [7, 11) is 0. The maximum absolute atomic E-state index is 3.87. The lowest BCUT2D eigenvalue weighted by atomic mass is 9.95. The molecule has 0 spiro atoms. The maximum atomic E-state index is 3.87. The Hall–Kier alpha value is -3.12. The molecule has 0 N–H and O–H groups in total. The predicted molar refractivity (Wildman–Crippen MR) is 133 cm³/mol. The summed E-state index contributed by atoms with van der Waals surface area (Å²) in [6.07, 6.45) is 8.19. The zero-order valence-corrected chi connectivity index (χ0v) is 18.5. The van der Waals surface area contributed by atoms with Crippen LogP contribution in [0.1, 0.15) is 44.4 Å². The average Bonchev–Trinajstić information content (AvgIpc) is 2.80. The third kappa shape index (κ3) is 7.79. The van der Waals surface area contributed by atoms with Crippen LogP contribution in [0.25, 0.3) is 22.8 Å². The fraction of sp³-hybridized carbons (Fsp3) is 0.172. The standard InChI is InChI=1S/C25H22.2C2H6/c1-3-10-22(16-15-21-11-6-4-7-12-21)24-17-20(2)18-25(19-24)23-13-8-5-9-14-23;2*1-2/h3-19H,1H2,2H3;2*1-2H3/b16-15+,22-10+;;. The molecule has 0 aliphatic rings. The van der Waals surface area contributed by atoms with E-state index in [1.165, 1.54) is 27.8 Å². The van der Waals surface area contributed by atoms with Crippen molar-refractivity contribution in [2.45, 2.75) is 34.6 Å². The second-order valence-corrected chi connectivity index (χ2v) is 6.06. The lowest BCUT2D eigenvalue weighted by Crippen LogP contribution is -1.87. The van der Waals surface area contributed by atoms with Gasteiger partial charge in [-0.2, -0.15) is 0 Å². The van der Waals surface area contributed by atoms with Gasteiger partial charge in [0.2, 0.25) is 0 Å². The van der Waals surface area contributed by atoms with Crippen LogP contribution in [0, 0.1) is 6.92 Å². The van der Waals surface area contributed by atoms with Gasteiger partial charge in [-0.25, -0.2) is 0 Å². The number of allylic oxidation sites excluding steroid dienone is 4. The number of hydrogen-bond donors (Lipinski definition) is 0. The van der Waals surface area contributed by atoms with Crippen molar-refractivity contribution in [3.63, 3.8) is 0 Å². The molecule has 3 rings (SSSR count). The van der Waals surface area contributed by atoms with Crippen molar-refractivity contribution in [2.75, 3.05) is 0 Å². The van der Waals surface area contributed by atoms with Gasteiger partial charge in [0.05, 0.1) is 0 Å². The predicted octanol–water partition coefficient (Wildman–Crippen LogP) is 9.00. The first-order valence-electron chi connectivity index (χ1n) is 10.5. The number of rotatable bonds is 5. The Morgan fingerprint density at radius 1 is 0.724 bits per heavy atom. The van der Waals surface area contributed by atoms with Gasteiger partial charge < -0.3 is 0 Å². The molecule has 0 saturated carbocycles. The Morgan fingerprint density at radius 3 is 1.90 bits per heavy atom. The molecule has 3 aromatic carbocycles. The molecule has 150 valence electrons. The quantitative estimate of drug-likeness (QED) is 0.386. The van der Waals surface area contributed by atoms with E-state index in [4.69, 9.17) is 0 Å². The molecule has 0 amide bonds. The SMILES string of the molecule is C=C/C=C(\C=C\c1ccccc1)c1cc(C)cc(-c2ccccc2)c1.CC.CC. The lowest BCUT2D eigenvalue weighted by molar-refractivity contribution is 1.44. The van der Waals surface area contributed by atoms with Crippen LogP contribution >= 0.6 is 0 Å². The Balaban J connectivity index is 0.000000989. The Bertz CT molecular complexity index is 897. The lowest BCUT2D eigenvalue weighted by Gasteiger charge is -2.09. The highest BCUT2D eigenvalue weighted by Gasteiger charge is 2.04. The highest BCUT2D eigenvalue weighted by Crippen LogP contribution is 2.27. The van der Waals surface area contributed by atoms with Crippen LogP contribution in [0.3, 0.4) is 0 Å². The molecule has 0 heteroatoms. The van der Waals surface area contributed by atoms with Crippen LogP contribution in [-0.4, -0.2) is 0 Å². The summed E-state index contributed by atoms with van der Waals surface area (Å²) in [5.74, 6) is 0. The highest BCUT2D eigenvalue weighted by atomic mass is 14.1. The summed E-state index contributed by atoms with van der Waals surface area (Å²) in [4.78, 5) is 0. The number of benzene rings is 3. The van der Waals surface area contributed by atoms with Gasteiger partial charge in [-0.15, -0.1) is 0 Å². The van der Waals surface area contributed by atoms with E-state index in [9.17, 15) is 0 Å². The molecule has 0 nitrogen and oxygen atoms in total. The van der Waals surface area contributed by atoms with Crippen LogP contribution in [0.5, 0.6) is 0 Å². The zero-order valence-electron chi connectivity index (χ0n) is 18.5. The van der Waals surface area contributed by atoms with E-state index in [2.05, 4.69) is 98.5 Å². The van der Waals surface area contributed by atoms with Crippen molar-refractivity contribution in [3.05, 3.63) is 120 Å². The van der Waals surface area contributed by atoms with Crippen molar-refractivity contribution in [1.82, 2.24) is 0 Å². The second-order valence-electron chi connectivity index (χ2n) is 6.06. The van der Waals surface area contributed by atoms with Crippen molar-refractivity contribution in [2.24, 2.45) is 0 Å². The smallest absolute Gasteiger partial charge is 0.0175 e. The average molecular weight is 383 g/mol. The first-order valence-corrected chi connectivity index (χ1v) is 10.5. The van der Waals surface area contributed by atoms with Gasteiger partial charge >= 0.3 is 0 Å². The molecule has 0 aliphatic heterocycles. The van der Waals surface area contributed by atoms with Gasteiger partial charge in [-0.1, -0.05) is 131 Å². The van der Waals surface area contributed by atoms with Crippen LogP contribution in [0.15, 0.2) is 104 Å². The molecule has 0 aliphatic carbocycles. The van der Waals surface area contributed by atoms with Gasteiger partial charge in [-0.3, -0.25) is 0 Å². The Kier molecular flexibility index (Phi) is 11.5. The first kappa shape index (κ1) is 23.9. The zero-order chi connectivity index (χ0) is 21.5. The number of hydrogen-bond acceptors (Lipinski definition) is 0. The van der Waals surface area contributed by atoms with E-state index in [1.807, 2.05) is 45.9 Å². The van der Waals surface area contributed by atoms with Gasteiger partial charge in [0.1, 0.15) is 0 Å². The first-order chi connectivity index (χ1) is 14.3. The van der Waals surface area contributed by atoms with E-state index in [0.29, 0.717) is 0 Å². The van der Waals surface area contributed by atoms with E-state index in [0.717, 1.165) is 5.57 Å². The molecule has 0 radical (unpaired) electrons. The minimum Gasteiger partial charge on any atom is -0.0990 e. The molecule has 29 heavy (non-hydrogen) atoms. The summed E-state index contributed by atoms with van der Waals surface area (Å²) in [6, 6.07) is 27.5. The summed E-state index contributed by atoms with van der Waals surface area (Å²) >= 11 is 0. The van der Waals surface area contributed by atoms with Crippen LogP contribution in [0.2, 0.25) is 0 Å². The molecule has 0 aromatic heterocycles. The third-order valence-corrected chi connectivity index (χ3v) is 4.07. The van der Waals surface area contributed by atoms with E-state index in [-0.39, 0.29) is 0 Å². The molecular weight excluding hydrogens is 348 g/mol. The van der Waals surface area contributed by atoms with E-state index in [1.54, 1.807) is 0 Å². The second kappa shape index (κ2) is 14.0. The van der Waals surface area contributed by atoms with Crippen LogP contribution < -0.4 is 0 Å². The van der Waals surface area contributed by atoms with E-state index >= 15 is 0 Å². The molecular formula is C29H34. The summed E-state index contributed by atoms with van der Waals surface area (Å²) in [5, 5.41) is 0. The third-order valence-electron chi connectivity index (χ3n) is 4.07. The molecule has 0 fully saturated rings. The fourth-order valence-corrected chi connectivity index (χ4v) is 2.87.